The summed E-state index contributed by atoms with van der Waals surface area (Å²) in [4.78, 5) is 13.8. The van der Waals surface area contributed by atoms with Gasteiger partial charge in [0.15, 0.2) is 0 Å². The Balaban J connectivity index is 2.39. The van der Waals surface area contributed by atoms with Crippen LogP contribution < -0.4 is 0 Å². The van der Waals surface area contributed by atoms with Crippen LogP contribution in [0.15, 0.2) is 23.1 Å². The van der Waals surface area contributed by atoms with Gasteiger partial charge in [-0.3, -0.25) is 4.79 Å². The smallest absolute Gasteiger partial charge is 0.262 e. The molecule has 0 aromatic heterocycles. The zero-order valence-electron chi connectivity index (χ0n) is 10.3. The van der Waals surface area contributed by atoms with Crippen molar-refractivity contribution in [2.24, 2.45) is 0 Å². The van der Waals surface area contributed by atoms with E-state index in [1.165, 1.54) is 18.2 Å². The molecule has 1 fully saturated rings. The molecule has 0 spiro atoms. The van der Waals surface area contributed by atoms with Crippen LogP contribution in [0.4, 0.5) is 0 Å². The monoisotopic (exact) mass is 321 g/mol. The van der Waals surface area contributed by atoms with Crippen LogP contribution in [-0.2, 0) is 9.05 Å². The number of rotatable bonds is 2. The van der Waals surface area contributed by atoms with Crippen molar-refractivity contribution in [1.82, 2.24) is 4.90 Å². The molecule has 1 heterocycles. The summed E-state index contributed by atoms with van der Waals surface area (Å²) in [5.41, 5.74) is 0.289. The molecule has 0 saturated carbocycles. The first-order valence-corrected chi connectivity index (χ1v) is 8.54. The van der Waals surface area contributed by atoms with Crippen LogP contribution >= 0.6 is 22.3 Å². The van der Waals surface area contributed by atoms with E-state index in [4.69, 9.17) is 22.3 Å². The topological polar surface area (TPSA) is 54.5 Å². The molecule has 1 amide bonds. The summed E-state index contributed by atoms with van der Waals surface area (Å²) < 4.78 is 22.7. The van der Waals surface area contributed by atoms with Crippen molar-refractivity contribution < 1.29 is 13.2 Å². The van der Waals surface area contributed by atoms with E-state index in [-0.39, 0.29) is 27.4 Å². The molecule has 104 valence electrons. The number of likely N-dealkylation sites (tertiary alicyclic amines) is 1. The zero-order chi connectivity index (χ0) is 14.2. The van der Waals surface area contributed by atoms with Crippen molar-refractivity contribution >= 4 is 37.2 Å². The third-order valence-electron chi connectivity index (χ3n) is 3.25. The van der Waals surface area contributed by atoms with Gasteiger partial charge in [0.2, 0.25) is 0 Å². The molecule has 1 saturated heterocycles. The van der Waals surface area contributed by atoms with E-state index in [2.05, 4.69) is 0 Å². The molecule has 4 nitrogen and oxygen atoms in total. The van der Waals surface area contributed by atoms with Crippen molar-refractivity contribution in [2.45, 2.75) is 30.7 Å². The normalized spacial score (nSPS) is 19.7. The van der Waals surface area contributed by atoms with Crippen molar-refractivity contribution in [3.8, 4) is 0 Å². The third kappa shape index (κ3) is 3.04. The first kappa shape index (κ1) is 14.6. The maximum atomic E-state index is 12.3. The minimum Gasteiger partial charge on any atom is -0.336 e. The fraction of sp³-hybridized carbons (Fsp3) is 0.417. The molecule has 19 heavy (non-hydrogen) atoms. The molecule has 0 bridgehead atoms. The molecule has 7 heteroatoms. The lowest BCUT2D eigenvalue weighted by Gasteiger charge is -2.21. The second kappa shape index (κ2) is 5.31. The fourth-order valence-corrected chi connectivity index (χ4v) is 3.72. The van der Waals surface area contributed by atoms with Gasteiger partial charge >= 0.3 is 0 Å². The molecule has 2 rings (SSSR count). The van der Waals surface area contributed by atoms with Gasteiger partial charge in [0.05, 0.1) is 5.02 Å². The van der Waals surface area contributed by atoms with Crippen molar-refractivity contribution in [1.29, 1.82) is 0 Å². The summed E-state index contributed by atoms with van der Waals surface area (Å²) in [5, 5.41) is 0.0148. The highest BCUT2D eigenvalue weighted by Gasteiger charge is 2.27. The number of halogens is 2. The van der Waals surface area contributed by atoms with E-state index in [0.717, 1.165) is 12.8 Å². The van der Waals surface area contributed by atoms with Gasteiger partial charge in [-0.05, 0) is 38.0 Å². The predicted molar refractivity (Wildman–Crippen MR) is 74.2 cm³/mol. The van der Waals surface area contributed by atoms with Gasteiger partial charge in [-0.15, -0.1) is 0 Å². The molecule has 0 N–H and O–H groups in total. The van der Waals surface area contributed by atoms with Crippen LogP contribution in [0, 0.1) is 0 Å². The highest BCUT2D eigenvalue weighted by Crippen LogP contribution is 2.27. The second-order valence-corrected chi connectivity index (χ2v) is 7.51. The Bertz CT molecular complexity index is 615. The quantitative estimate of drug-likeness (QED) is 0.787. The number of benzene rings is 1. The number of carbonyl (C=O) groups excluding carboxylic acids is 1. The van der Waals surface area contributed by atoms with Crippen LogP contribution in [0.1, 0.15) is 30.1 Å². The van der Waals surface area contributed by atoms with Gasteiger partial charge < -0.3 is 4.90 Å². The molecule has 1 aromatic rings. The number of hydrogen-bond acceptors (Lipinski definition) is 3. The average Bonchev–Trinajstić information content (AvgIpc) is 2.73. The van der Waals surface area contributed by atoms with Gasteiger partial charge in [0.25, 0.3) is 15.0 Å². The minimum absolute atomic E-state index is 0.0148. The molecule has 1 unspecified atom stereocenters. The fourth-order valence-electron chi connectivity index (χ4n) is 2.22. The lowest BCUT2D eigenvalue weighted by atomic mass is 10.2. The molecule has 1 aromatic carbocycles. The second-order valence-electron chi connectivity index (χ2n) is 4.57. The molecule has 1 aliphatic heterocycles. The number of carbonyl (C=O) groups is 1. The first-order valence-electron chi connectivity index (χ1n) is 5.86. The standard InChI is InChI=1S/C12H13Cl2NO3S/c1-8-3-2-6-15(8)12(16)9-4-5-10(13)11(7-9)19(14,17)18/h4-5,7-8H,2-3,6H2,1H3. The van der Waals surface area contributed by atoms with Gasteiger partial charge in [0, 0.05) is 28.8 Å². The predicted octanol–water partition coefficient (Wildman–Crippen LogP) is 2.89. The molecular weight excluding hydrogens is 309 g/mol. The number of hydrogen-bond donors (Lipinski definition) is 0. The van der Waals surface area contributed by atoms with E-state index in [1.54, 1.807) is 4.90 Å². The van der Waals surface area contributed by atoms with E-state index < -0.39 is 9.05 Å². The molecule has 1 atom stereocenters. The van der Waals surface area contributed by atoms with Gasteiger partial charge in [-0.25, -0.2) is 8.42 Å². The first-order chi connectivity index (χ1) is 8.80. The average molecular weight is 322 g/mol. The summed E-state index contributed by atoms with van der Waals surface area (Å²) >= 11 is 5.79. The van der Waals surface area contributed by atoms with Gasteiger partial charge in [-0.1, -0.05) is 11.6 Å². The zero-order valence-corrected chi connectivity index (χ0v) is 12.6. The van der Waals surface area contributed by atoms with E-state index in [9.17, 15) is 13.2 Å². The van der Waals surface area contributed by atoms with Crippen molar-refractivity contribution in [3.05, 3.63) is 28.8 Å². The van der Waals surface area contributed by atoms with Crippen LogP contribution in [0.3, 0.4) is 0 Å². The molecular formula is C12H13Cl2NO3S. The Morgan fingerprint density at radius 1 is 1.42 bits per heavy atom. The highest BCUT2D eigenvalue weighted by atomic mass is 35.7. The van der Waals surface area contributed by atoms with Crippen LogP contribution in [0.2, 0.25) is 5.02 Å². The summed E-state index contributed by atoms with van der Waals surface area (Å²) in [6.45, 7) is 2.66. The largest absolute Gasteiger partial charge is 0.336 e. The van der Waals surface area contributed by atoms with Crippen LogP contribution in [-0.4, -0.2) is 31.8 Å². The minimum atomic E-state index is -3.96. The Morgan fingerprint density at radius 2 is 2.11 bits per heavy atom. The Labute approximate surface area is 121 Å². The van der Waals surface area contributed by atoms with Gasteiger partial charge in [-0.2, -0.15) is 0 Å². The lowest BCUT2D eigenvalue weighted by molar-refractivity contribution is 0.0747. The number of amides is 1. The van der Waals surface area contributed by atoms with E-state index in [0.29, 0.717) is 6.54 Å². The molecule has 0 radical (unpaired) electrons. The lowest BCUT2D eigenvalue weighted by Crippen LogP contribution is -2.33. The van der Waals surface area contributed by atoms with Crippen LogP contribution in [0.5, 0.6) is 0 Å². The third-order valence-corrected chi connectivity index (χ3v) is 5.06. The molecule has 1 aliphatic rings. The maximum absolute atomic E-state index is 12.3. The Kier molecular flexibility index (Phi) is 4.08. The summed E-state index contributed by atoms with van der Waals surface area (Å²) in [7, 11) is 1.33. The summed E-state index contributed by atoms with van der Waals surface area (Å²) in [5.74, 6) is -0.191. The Morgan fingerprint density at radius 3 is 2.63 bits per heavy atom. The van der Waals surface area contributed by atoms with Crippen LogP contribution in [0.25, 0.3) is 0 Å². The van der Waals surface area contributed by atoms with Gasteiger partial charge in [0.1, 0.15) is 4.90 Å². The van der Waals surface area contributed by atoms with E-state index in [1.807, 2.05) is 6.92 Å². The SMILES string of the molecule is CC1CCCN1C(=O)c1ccc(Cl)c(S(=O)(=O)Cl)c1. The summed E-state index contributed by atoms with van der Waals surface area (Å²) in [6.07, 6.45) is 1.92. The summed E-state index contributed by atoms with van der Waals surface area (Å²) in [6, 6.07) is 4.30. The highest BCUT2D eigenvalue weighted by molar-refractivity contribution is 8.13. The Hall–Kier alpha value is -0.780. The van der Waals surface area contributed by atoms with Crippen molar-refractivity contribution in [3.63, 3.8) is 0 Å². The van der Waals surface area contributed by atoms with Crippen molar-refractivity contribution in [2.75, 3.05) is 6.54 Å². The number of nitrogens with zero attached hydrogens (tertiary/aromatic N) is 1. The maximum Gasteiger partial charge on any atom is 0.262 e. The molecule has 0 aliphatic carbocycles. The van der Waals surface area contributed by atoms with E-state index >= 15 is 0 Å².